The predicted molar refractivity (Wildman–Crippen MR) is 64.9 cm³/mol. The maximum Gasteiger partial charge on any atom is 0.227 e. The van der Waals surface area contributed by atoms with E-state index in [9.17, 15) is 4.79 Å². The van der Waals surface area contributed by atoms with Gasteiger partial charge in [0.2, 0.25) is 5.91 Å². The Morgan fingerprint density at radius 2 is 2.19 bits per heavy atom. The largest absolute Gasteiger partial charge is 0.492 e. The van der Waals surface area contributed by atoms with Crippen LogP contribution < -0.4 is 9.64 Å². The van der Waals surface area contributed by atoms with E-state index in [1.54, 1.807) is 0 Å². The van der Waals surface area contributed by atoms with Gasteiger partial charge in [-0.1, -0.05) is 0 Å². The molecule has 0 atom stereocenters. The smallest absolute Gasteiger partial charge is 0.227 e. The van der Waals surface area contributed by atoms with Gasteiger partial charge in [0.15, 0.2) is 0 Å². The zero-order chi connectivity index (χ0) is 11.1. The second-order valence-electron chi connectivity index (χ2n) is 4.16. The quantitative estimate of drug-likeness (QED) is 0.792. The number of carbonyl (C=O) groups is 1. The summed E-state index contributed by atoms with van der Waals surface area (Å²) in [6, 6.07) is 4.06. The van der Waals surface area contributed by atoms with Gasteiger partial charge in [0.05, 0.1) is 11.1 Å². The number of nitrogens with zero attached hydrogens (tertiary/aromatic N) is 1. The normalized spacial score (nSPS) is 18.8. The molecule has 0 N–H and O–H groups in total. The Morgan fingerprint density at radius 3 is 2.94 bits per heavy atom. The van der Waals surface area contributed by atoms with Crippen LogP contribution in [0.3, 0.4) is 0 Å². The van der Waals surface area contributed by atoms with Crippen molar-refractivity contribution in [2.45, 2.75) is 19.3 Å². The molecular weight excluding hydrogens is 270 g/mol. The van der Waals surface area contributed by atoms with Gasteiger partial charge in [-0.2, -0.15) is 0 Å². The molecule has 1 aromatic rings. The van der Waals surface area contributed by atoms with Crippen LogP contribution in [0.4, 0.5) is 5.69 Å². The summed E-state index contributed by atoms with van der Waals surface area (Å²) in [4.78, 5) is 13.5. The molecule has 2 heterocycles. The van der Waals surface area contributed by atoms with Crippen molar-refractivity contribution in [1.29, 1.82) is 0 Å². The Labute approximate surface area is 103 Å². The topological polar surface area (TPSA) is 29.5 Å². The number of hydrogen-bond acceptors (Lipinski definition) is 2. The van der Waals surface area contributed by atoms with E-state index in [0.29, 0.717) is 6.42 Å². The van der Waals surface area contributed by atoms with Crippen molar-refractivity contribution >= 4 is 27.5 Å². The lowest BCUT2D eigenvalue weighted by Gasteiger charge is -2.17. The third kappa shape index (κ3) is 1.52. The molecule has 0 bridgehead atoms. The molecule has 0 saturated carbocycles. The minimum Gasteiger partial charge on any atom is -0.492 e. The first kappa shape index (κ1) is 10.1. The maximum atomic E-state index is 11.7. The van der Waals surface area contributed by atoms with Crippen molar-refractivity contribution in [3.8, 4) is 5.75 Å². The minimum absolute atomic E-state index is 0.228. The van der Waals surface area contributed by atoms with Gasteiger partial charge in [0.25, 0.3) is 0 Å². The van der Waals surface area contributed by atoms with E-state index < -0.39 is 0 Å². The second kappa shape index (κ2) is 3.77. The molecule has 0 radical (unpaired) electrons. The van der Waals surface area contributed by atoms with Gasteiger partial charge in [0, 0.05) is 30.6 Å². The molecule has 0 spiro atoms. The molecule has 1 fully saturated rings. The summed E-state index contributed by atoms with van der Waals surface area (Å²) in [7, 11) is 0. The first-order valence-corrected chi connectivity index (χ1v) is 6.30. The van der Waals surface area contributed by atoms with Crippen LogP contribution in [0.1, 0.15) is 18.4 Å². The molecule has 3 rings (SSSR count). The van der Waals surface area contributed by atoms with E-state index in [1.807, 2.05) is 11.0 Å². The molecular formula is C12H12BrNO2. The van der Waals surface area contributed by atoms with E-state index in [4.69, 9.17) is 4.74 Å². The third-order valence-electron chi connectivity index (χ3n) is 3.11. The highest BCUT2D eigenvalue weighted by molar-refractivity contribution is 9.10. The Balaban J connectivity index is 2.02. The highest BCUT2D eigenvalue weighted by atomic mass is 79.9. The number of anilines is 1. The van der Waals surface area contributed by atoms with Crippen LogP contribution in [0.15, 0.2) is 16.6 Å². The molecule has 2 aliphatic rings. The van der Waals surface area contributed by atoms with Gasteiger partial charge in [0.1, 0.15) is 5.75 Å². The molecule has 3 nitrogen and oxygen atoms in total. The molecule has 84 valence electrons. The lowest BCUT2D eigenvalue weighted by molar-refractivity contribution is -0.117. The molecule has 1 amide bonds. The van der Waals surface area contributed by atoms with Crippen LogP contribution in [-0.4, -0.2) is 19.1 Å². The highest BCUT2D eigenvalue weighted by Crippen LogP contribution is 2.38. The van der Waals surface area contributed by atoms with Crippen LogP contribution in [0.2, 0.25) is 0 Å². The van der Waals surface area contributed by atoms with Crippen molar-refractivity contribution in [3.63, 3.8) is 0 Å². The highest BCUT2D eigenvalue weighted by Gasteiger charge is 2.24. The summed E-state index contributed by atoms with van der Waals surface area (Å²) in [5.41, 5.74) is 2.20. The minimum atomic E-state index is 0.228. The van der Waals surface area contributed by atoms with E-state index >= 15 is 0 Å². The molecule has 4 heteroatoms. The maximum absolute atomic E-state index is 11.7. The van der Waals surface area contributed by atoms with Crippen molar-refractivity contribution in [1.82, 2.24) is 0 Å². The lowest BCUT2D eigenvalue weighted by Crippen LogP contribution is -2.23. The first-order valence-electron chi connectivity index (χ1n) is 5.51. The van der Waals surface area contributed by atoms with Crippen molar-refractivity contribution in [2.24, 2.45) is 0 Å². The second-order valence-corrected chi connectivity index (χ2v) is 5.02. The van der Waals surface area contributed by atoms with Crippen molar-refractivity contribution < 1.29 is 9.53 Å². The zero-order valence-electron chi connectivity index (χ0n) is 8.83. The van der Waals surface area contributed by atoms with Crippen LogP contribution in [-0.2, 0) is 11.2 Å². The Morgan fingerprint density at radius 1 is 1.31 bits per heavy atom. The SMILES string of the molecule is O=C1CCCN1c1cc(Br)c2c(c1)CCO2. The average Bonchev–Trinajstić information content (AvgIpc) is 2.85. The summed E-state index contributed by atoms with van der Waals surface area (Å²) in [5, 5.41) is 0. The number of fused-ring (bicyclic) bond motifs is 1. The van der Waals surface area contributed by atoms with Gasteiger partial charge in [-0.15, -0.1) is 0 Å². The van der Waals surface area contributed by atoms with Crippen molar-refractivity contribution in [2.75, 3.05) is 18.1 Å². The third-order valence-corrected chi connectivity index (χ3v) is 3.70. The molecule has 16 heavy (non-hydrogen) atoms. The van der Waals surface area contributed by atoms with E-state index in [1.165, 1.54) is 5.56 Å². The number of rotatable bonds is 1. The van der Waals surface area contributed by atoms with Gasteiger partial charge in [-0.05, 0) is 34.5 Å². The monoisotopic (exact) mass is 281 g/mol. The summed E-state index contributed by atoms with van der Waals surface area (Å²) in [6.45, 7) is 1.58. The standard InChI is InChI=1S/C12H12BrNO2/c13-10-7-9(14-4-1-2-11(14)15)6-8-3-5-16-12(8)10/h6-7H,1-5H2. The number of hydrogen-bond donors (Lipinski definition) is 0. The Kier molecular flexibility index (Phi) is 2.39. The van der Waals surface area contributed by atoms with Crippen LogP contribution in [0.25, 0.3) is 0 Å². The fourth-order valence-electron chi connectivity index (χ4n) is 2.32. The average molecular weight is 282 g/mol. The van der Waals surface area contributed by atoms with Gasteiger partial charge in [-0.3, -0.25) is 4.79 Å². The summed E-state index contributed by atoms with van der Waals surface area (Å²) in [5.74, 6) is 1.17. The summed E-state index contributed by atoms with van der Waals surface area (Å²) < 4.78 is 6.48. The van der Waals surface area contributed by atoms with E-state index in [2.05, 4.69) is 22.0 Å². The van der Waals surface area contributed by atoms with Gasteiger partial charge < -0.3 is 9.64 Å². The summed E-state index contributed by atoms with van der Waals surface area (Å²) >= 11 is 3.50. The fraction of sp³-hybridized carbons (Fsp3) is 0.417. The number of benzene rings is 1. The van der Waals surface area contributed by atoms with E-state index in [0.717, 1.165) is 41.9 Å². The Hall–Kier alpha value is -1.03. The number of amides is 1. The van der Waals surface area contributed by atoms with Crippen LogP contribution in [0, 0.1) is 0 Å². The van der Waals surface area contributed by atoms with E-state index in [-0.39, 0.29) is 5.91 Å². The van der Waals surface area contributed by atoms with Gasteiger partial charge >= 0.3 is 0 Å². The number of ether oxygens (including phenoxy) is 1. The molecule has 2 aliphatic heterocycles. The lowest BCUT2D eigenvalue weighted by atomic mass is 10.1. The zero-order valence-corrected chi connectivity index (χ0v) is 10.4. The van der Waals surface area contributed by atoms with Crippen molar-refractivity contribution in [3.05, 3.63) is 22.2 Å². The van der Waals surface area contributed by atoms with Crippen LogP contribution in [0.5, 0.6) is 5.75 Å². The Bertz CT molecular complexity index is 459. The molecule has 1 saturated heterocycles. The molecule has 1 aromatic carbocycles. The first-order chi connectivity index (χ1) is 7.75. The molecule has 0 aromatic heterocycles. The van der Waals surface area contributed by atoms with Gasteiger partial charge in [-0.25, -0.2) is 0 Å². The molecule has 0 aliphatic carbocycles. The number of halogens is 1. The summed E-state index contributed by atoms with van der Waals surface area (Å²) in [6.07, 6.45) is 2.57. The predicted octanol–water partition coefficient (Wildman–Crippen LogP) is 2.51. The molecule has 0 unspecified atom stereocenters. The van der Waals surface area contributed by atoms with Crippen LogP contribution >= 0.6 is 15.9 Å². The number of carbonyl (C=O) groups excluding carboxylic acids is 1. The fourth-order valence-corrected chi connectivity index (χ4v) is 2.93.